The Hall–Kier alpha value is -2.26. The van der Waals surface area contributed by atoms with Gasteiger partial charge in [0.05, 0.1) is 16.8 Å². The van der Waals surface area contributed by atoms with Crippen LogP contribution in [0.25, 0.3) is 0 Å². The lowest BCUT2D eigenvalue weighted by molar-refractivity contribution is -0.137. The number of carbonyl (C=O) groups excluding carboxylic acids is 1. The summed E-state index contributed by atoms with van der Waals surface area (Å²) in [6, 6.07) is 4.14. The third kappa shape index (κ3) is 4.92. The lowest BCUT2D eigenvalue weighted by Gasteiger charge is -2.35. The first-order chi connectivity index (χ1) is 12.8. The maximum atomic E-state index is 12.7. The van der Waals surface area contributed by atoms with Crippen molar-refractivity contribution in [2.24, 2.45) is 0 Å². The molecule has 2 aromatic rings. The van der Waals surface area contributed by atoms with Gasteiger partial charge in [-0.1, -0.05) is 11.6 Å². The number of nitrogens with zero attached hydrogens (tertiary/aromatic N) is 3. The van der Waals surface area contributed by atoms with E-state index in [9.17, 15) is 18.0 Å². The van der Waals surface area contributed by atoms with E-state index in [0.717, 1.165) is 12.3 Å². The van der Waals surface area contributed by atoms with E-state index >= 15 is 0 Å². The first-order valence-electron chi connectivity index (χ1n) is 8.36. The van der Waals surface area contributed by atoms with E-state index in [1.807, 2.05) is 4.90 Å². The summed E-state index contributed by atoms with van der Waals surface area (Å²) < 4.78 is 43.1. The van der Waals surface area contributed by atoms with Crippen LogP contribution in [-0.4, -0.2) is 55.1 Å². The smallest absolute Gasteiger partial charge is 0.417 e. The van der Waals surface area contributed by atoms with Gasteiger partial charge in [0, 0.05) is 45.5 Å². The van der Waals surface area contributed by atoms with Crippen LogP contribution in [0.15, 0.2) is 35.1 Å². The molecular formula is C17H18ClF3N4O2. The summed E-state index contributed by atoms with van der Waals surface area (Å²) >= 11 is 6.00. The van der Waals surface area contributed by atoms with Crippen LogP contribution >= 0.6 is 11.6 Å². The molecule has 0 unspecified atom stereocenters. The highest BCUT2D eigenvalue weighted by Gasteiger charge is 2.32. The van der Waals surface area contributed by atoms with Gasteiger partial charge in [-0.2, -0.15) is 13.2 Å². The molecule has 3 heterocycles. The summed E-state index contributed by atoms with van der Waals surface area (Å²) in [6.45, 7) is 3.69. The fraction of sp³-hybridized carbons (Fsp3) is 0.412. The number of amides is 1. The van der Waals surface area contributed by atoms with Crippen LogP contribution < -0.4 is 10.2 Å². The van der Waals surface area contributed by atoms with Gasteiger partial charge < -0.3 is 14.6 Å². The number of carbonyl (C=O) groups is 1. The Kier molecular flexibility index (Phi) is 5.91. The van der Waals surface area contributed by atoms with E-state index in [-0.39, 0.29) is 16.7 Å². The van der Waals surface area contributed by atoms with Gasteiger partial charge >= 0.3 is 6.18 Å². The zero-order chi connectivity index (χ0) is 19.4. The molecule has 0 atom stereocenters. The molecule has 1 aliphatic rings. The number of aromatic nitrogens is 1. The molecule has 0 saturated carbocycles. The molecule has 1 amide bonds. The van der Waals surface area contributed by atoms with Crippen molar-refractivity contribution < 1.29 is 22.4 Å². The highest BCUT2D eigenvalue weighted by atomic mass is 35.5. The summed E-state index contributed by atoms with van der Waals surface area (Å²) in [4.78, 5) is 19.7. The quantitative estimate of drug-likeness (QED) is 0.833. The van der Waals surface area contributed by atoms with Gasteiger partial charge in [-0.05, 0) is 18.2 Å². The average Bonchev–Trinajstić information content (AvgIpc) is 3.16. The van der Waals surface area contributed by atoms with Gasteiger partial charge in [0.15, 0.2) is 5.76 Å². The summed E-state index contributed by atoms with van der Waals surface area (Å²) in [7, 11) is 0. The number of hydrogen-bond donors (Lipinski definition) is 1. The molecule has 0 spiro atoms. The normalized spacial score (nSPS) is 15.8. The van der Waals surface area contributed by atoms with Gasteiger partial charge in [0.1, 0.15) is 5.82 Å². The van der Waals surface area contributed by atoms with Crippen LogP contribution in [0.2, 0.25) is 5.02 Å². The van der Waals surface area contributed by atoms with Crippen LogP contribution in [0.3, 0.4) is 0 Å². The number of furan rings is 1. The van der Waals surface area contributed by atoms with Crippen molar-refractivity contribution in [2.75, 3.05) is 44.2 Å². The van der Waals surface area contributed by atoms with Gasteiger partial charge in [0.25, 0.3) is 5.91 Å². The molecule has 1 saturated heterocycles. The van der Waals surface area contributed by atoms with Crippen molar-refractivity contribution in [3.8, 4) is 0 Å². The molecule has 27 heavy (non-hydrogen) atoms. The van der Waals surface area contributed by atoms with E-state index in [4.69, 9.17) is 16.0 Å². The topological polar surface area (TPSA) is 61.6 Å². The predicted octanol–water partition coefficient (Wildman–Crippen LogP) is 2.90. The molecule has 146 valence electrons. The maximum Gasteiger partial charge on any atom is 0.417 e. The average molecular weight is 403 g/mol. The van der Waals surface area contributed by atoms with Crippen LogP contribution in [0.1, 0.15) is 16.1 Å². The second-order valence-corrected chi connectivity index (χ2v) is 6.50. The Balaban J connectivity index is 1.47. The molecule has 2 aromatic heterocycles. The number of rotatable bonds is 5. The van der Waals surface area contributed by atoms with E-state index in [1.165, 1.54) is 6.26 Å². The Morgan fingerprint density at radius 3 is 2.63 bits per heavy atom. The van der Waals surface area contributed by atoms with E-state index in [0.29, 0.717) is 45.1 Å². The Morgan fingerprint density at radius 1 is 1.30 bits per heavy atom. The lowest BCUT2D eigenvalue weighted by Crippen LogP contribution is -2.48. The predicted molar refractivity (Wildman–Crippen MR) is 93.9 cm³/mol. The first kappa shape index (κ1) is 19.5. The second-order valence-electron chi connectivity index (χ2n) is 6.09. The fourth-order valence-electron chi connectivity index (χ4n) is 2.82. The monoisotopic (exact) mass is 402 g/mol. The van der Waals surface area contributed by atoms with Gasteiger partial charge in [-0.15, -0.1) is 0 Å². The minimum atomic E-state index is -4.46. The highest BCUT2D eigenvalue weighted by Crippen LogP contribution is 2.33. The van der Waals surface area contributed by atoms with E-state index in [1.54, 1.807) is 12.1 Å². The van der Waals surface area contributed by atoms with E-state index in [2.05, 4.69) is 15.2 Å². The highest BCUT2D eigenvalue weighted by molar-refractivity contribution is 6.33. The van der Waals surface area contributed by atoms with Crippen molar-refractivity contribution in [1.29, 1.82) is 0 Å². The molecular weight excluding hydrogens is 385 g/mol. The van der Waals surface area contributed by atoms with Crippen molar-refractivity contribution >= 4 is 23.3 Å². The minimum absolute atomic E-state index is 0.0102. The molecule has 6 nitrogen and oxygen atoms in total. The molecule has 3 rings (SSSR count). The summed E-state index contributed by atoms with van der Waals surface area (Å²) in [6.07, 6.45) is -2.22. The molecule has 1 N–H and O–H groups in total. The van der Waals surface area contributed by atoms with E-state index < -0.39 is 11.7 Å². The number of alkyl halides is 3. The summed E-state index contributed by atoms with van der Waals surface area (Å²) in [5.74, 6) is 0.359. The van der Waals surface area contributed by atoms with Gasteiger partial charge in [-0.3, -0.25) is 9.69 Å². The first-order valence-corrected chi connectivity index (χ1v) is 8.74. The van der Waals surface area contributed by atoms with Crippen molar-refractivity contribution in [3.05, 3.63) is 47.0 Å². The Bertz CT molecular complexity index is 775. The molecule has 0 aromatic carbocycles. The fourth-order valence-corrected chi connectivity index (χ4v) is 3.11. The molecule has 10 heteroatoms. The lowest BCUT2D eigenvalue weighted by atomic mass is 10.2. The third-order valence-corrected chi connectivity index (χ3v) is 4.56. The Morgan fingerprint density at radius 2 is 2.04 bits per heavy atom. The number of pyridine rings is 1. The standard InChI is InChI=1S/C17H18ClF3N4O2/c18-13-10-12(17(19,20)21)11-23-15(13)25-7-5-24(6-8-25)4-3-22-16(26)14-2-1-9-27-14/h1-2,9-11H,3-8H2,(H,22,26). The SMILES string of the molecule is O=C(NCCN1CCN(c2ncc(C(F)(F)F)cc2Cl)CC1)c1ccco1. The van der Waals surface area contributed by atoms with Crippen molar-refractivity contribution in [1.82, 2.24) is 15.2 Å². The van der Waals surface area contributed by atoms with Crippen molar-refractivity contribution in [3.63, 3.8) is 0 Å². The maximum absolute atomic E-state index is 12.7. The van der Waals surface area contributed by atoms with Crippen LogP contribution in [0.4, 0.5) is 19.0 Å². The van der Waals surface area contributed by atoms with Crippen LogP contribution in [-0.2, 0) is 6.18 Å². The molecule has 0 aliphatic carbocycles. The van der Waals surface area contributed by atoms with Crippen LogP contribution in [0, 0.1) is 0 Å². The zero-order valence-electron chi connectivity index (χ0n) is 14.3. The number of hydrogen-bond acceptors (Lipinski definition) is 5. The number of piperazine rings is 1. The molecule has 0 bridgehead atoms. The molecule has 1 aliphatic heterocycles. The summed E-state index contributed by atoms with van der Waals surface area (Å²) in [5, 5.41) is 2.77. The number of nitrogens with one attached hydrogen (secondary N) is 1. The minimum Gasteiger partial charge on any atom is -0.459 e. The Labute approximate surface area is 158 Å². The number of halogens is 4. The zero-order valence-corrected chi connectivity index (χ0v) is 15.1. The third-order valence-electron chi connectivity index (χ3n) is 4.28. The molecule has 1 fully saturated rings. The largest absolute Gasteiger partial charge is 0.459 e. The summed E-state index contributed by atoms with van der Waals surface area (Å²) in [5.41, 5.74) is -0.859. The molecule has 0 radical (unpaired) electrons. The van der Waals surface area contributed by atoms with Crippen LogP contribution in [0.5, 0.6) is 0 Å². The van der Waals surface area contributed by atoms with Gasteiger partial charge in [-0.25, -0.2) is 4.98 Å². The number of anilines is 1. The van der Waals surface area contributed by atoms with Gasteiger partial charge in [0.2, 0.25) is 0 Å². The van der Waals surface area contributed by atoms with Crippen molar-refractivity contribution in [2.45, 2.75) is 6.18 Å². The second kappa shape index (κ2) is 8.18.